The summed E-state index contributed by atoms with van der Waals surface area (Å²) < 4.78 is 0. The predicted octanol–water partition coefficient (Wildman–Crippen LogP) is 4.31. The molecule has 0 aliphatic heterocycles. The van der Waals surface area contributed by atoms with Crippen molar-refractivity contribution in [2.45, 2.75) is 33.7 Å². The van der Waals surface area contributed by atoms with Crippen LogP contribution >= 0.6 is 11.3 Å². The van der Waals surface area contributed by atoms with E-state index in [1.165, 1.54) is 20.9 Å². The van der Waals surface area contributed by atoms with Gasteiger partial charge in [-0.3, -0.25) is 4.79 Å². The van der Waals surface area contributed by atoms with Crippen LogP contribution in [-0.4, -0.2) is 17.6 Å². The van der Waals surface area contributed by atoms with Crippen LogP contribution in [0.5, 0.6) is 0 Å². The molecule has 2 N–H and O–H groups in total. The molecule has 1 aromatic carbocycles. The molecule has 22 heavy (non-hydrogen) atoms. The van der Waals surface area contributed by atoms with Crippen molar-refractivity contribution < 1.29 is 9.90 Å². The van der Waals surface area contributed by atoms with E-state index < -0.39 is 11.4 Å². The Morgan fingerprint density at radius 3 is 2.50 bits per heavy atom. The summed E-state index contributed by atoms with van der Waals surface area (Å²) in [5.41, 5.74) is 1.84. The molecule has 0 radical (unpaired) electrons. The second-order valence-corrected chi connectivity index (χ2v) is 7.42. The predicted molar refractivity (Wildman–Crippen MR) is 92.2 cm³/mol. The van der Waals surface area contributed by atoms with Crippen molar-refractivity contribution in [1.82, 2.24) is 5.32 Å². The van der Waals surface area contributed by atoms with Gasteiger partial charge in [-0.1, -0.05) is 29.8 Å². The number of carbonyl (C=O) groups is 1. The molecule has 0 saturated carbocycles. The molecule has 0 aliphatic carbocycles. The molecule has 0 fully saturated rings. The Morgan fingerprint density at radius 1 is 1.18 bits per heavy atom. The van der Waals surface area contributed by atoms with Crippen LogP contribution < -0.4 is 5.32 Å². The van der Waals surface area contributed by atoms with Gasteiger partial charge in [-0.25, -0.2) is 0 Å². The first-order valence-corrected chi connectivity index (χ1v) is 8.30. The maximum Gasteiger partial charge on any atom is 0.309 e. The highest BCUT2D eigenvalue weighted by Gasteiger charge is 2.26. The fourth-order valence-corrected chi connectivity index (χ4v) is 3.05. The summed E-state index contributed by atoms with van der Waals surface area (Å²) in [5.74, 6) is -0.743. The molecule has 3 nitrogen and oxygen atoms in total. The average molecular weight is 317 g/mol. The lowest BCUT2D eigenvalue weighted by Crippen LogP contribution is -2.28. The minimum absolute atomic E-state index is 0.624. The molecule has 0 atom stereocenters. The SMILES string of the molecule is Cc1ccc(-c2ccc(CNCCC(C)(C)C(=O)O)s2)cc1. The van der Waals surface area contributed by atoms with Crippen LogP contribution in [-0.2, 0) is 11.3 Å². The van der Waals surface area contributed by atoms with Crippen molar-refractivity contribution in [3.05, 3.63) is 46.8 Å². The molecule has 0 spiro atoms. The zero-order chi connectivity index (χ0) is 16.2. The molecular weight excluding hydrogens is 294 g/mol. The van der Waals surface area contributed by atoms with Gasteiger partial charge in [0, 0.05) is 16.3 Å². The van der Waals surface area contributed by atoms with E-state index >= 15 is 0 Å². The summed E-state index contributed by atoms with van der Waals surface area (Å²) in [5, 5.41) is 12.4. The Hall–Kier alpha value is -1.65. The number of thiophene rings is 1. The van der Waals surface area contributed by atoms with E-state index in [1.807, 2.05) is 0 Å². The van der Waals surface area contributed by atoms with Gasteiger partial charge in [-0.05, 0) is 51.4 Å². The largest absolute Gasteiger partial charge is 0.481 e. The van der Waals surface area contributed by atoms with E-state index in [2.05, 4.69) is 48.6 Å². The third-order valence-corrected chi connectivity index (χ3v) is 4.94. The number of aliphatic carboxylic acids is 1. The molecule has 0 bridgehead atoms. The van der Waals surface area contributed by atoms with Gasteiger partial charge < -0.3 is 10.4 Å². The van der Waals surface area contributed by atoms with Gasteiger partial charge in [0.1, 0.15) is 0 Å². The second-order valence-electron chi connectivity index (χ2n) is 6.25. The number of benzene rings is 1. The summed E-state index contributed by atoms with van der Waals surface area (Å²) >= 11 is 1.78. The van der Waals surface area contributed by atoms with Crippen molar-refractivity contribution >= 4 is 17.3 Å². The Balaban J connectivity index is 1.85. The van der Waals surface area contributed by atoms with Crippen molar-refractivity contribution in [2.75, 3.05) is 6.54 Å². The van der Waals surface area contributed by atoms with Crippen LogP contribution in [0.1, 0.15) is 30.7 Å². The van der Waals surface area contributed by atoms with E-state index in [9.17, 15) is 4.79 Å². The van der Waals surface area contributed by atoms with Gasteiger partial charge in [0.05, 0.1) is 5.41 Å². The van der Waals surface area contributed by atoms with Gasteiger partial charge in [0.15, 0.2) is 0 Å². The average Bonchev–Trinajstić information content (AvgIpc) is 2.93. The lowest BCUT2D eigenvalue weighted by molar-refractivity contribution is -0.147. The molecule has 2 rings (SSSR count). The number of aryl methyl sites for hydroxylation is 1. The normalized spacial score (nSPS) is 11.6. The zero-order valence-corrected chi connectivity index (χ0v) is 14.2. The summed E-state index contributed by atoms with van der Waals surface area (Å²) in [7, 11) is 0. The van der Waals surface area contributed by atoms with Crippen molar-refractivity contribution in [3.8, 4) is 10.4 Å². The third kappa shape index (κ3) is 4.42. The van der Waals surface area contributed by atoms with Crippen molar-refractivity contribution in [3.63, 3.8) is 0 Å². The van der Waals surface area contributed by atoms with Gasteiger partial charge in [-0.15, -0.1) is 11.3 Å². The van der Waals surface area contributed by atoms with Crippen molar-refractivity contribution in [1.29, 1.82) is 0 Å². The van der Waals surface area contributed by atoms with Crippen LogP contribution in [0.25, 0.3) is 10.4 Å². The number of hydrogen-bond donors (Lipinski definition) is 2. The van der Waals surface area contributed by atoms with Gasteiger partial charge in [0.2, 0.25) is 0 Å². The molecule has 0 aliphatic rings. The summed E-state index contributed by atoms with van der Waals surface area (Å²) in [6.45, 7) is 7.10. The Bertz CT molecular complexity index is 629. The summed E-state index contributed by atoms with van der Waals surface area (Å²) in [4.78, 5) is 13.6. The summed E-state index contributed by atoms with van der Waals surface area (Å²) in [6.07, 6.45) is 0.624. The molecule has 2 aromatic rings. The Labute approximate surface area is 136 Å². The third-order valence-electron chi connectivity index (χ3n) is 3.80. The first kappa shape index (κ1) is 16.7. The van der Waals surface area contributed by atoms with E-state index in [-0.39, 0.29) is 0 Å². The highest BCUT2D eigenvalue weighted by atomic mass is 32.1. The molecular formula is C18H23NO2S. The lowest BCUT2D eigenvalue weighted by atomic mass is 9.90. The highest BCUT2D eigenvalue weighted by molar-refractivity contribution is 7.15. The standard InChI is InChI=1S/C18H23NO2S/c1-13-4-6-14(7-5-13)16-9-8-15(22-16)12-19-11-10-18(2,3)17(20)21/h4-9,19H,10-12H2,1-3H3,(H,20,21). The second kappa shape index (κ2) is 7.07. The first-order valence-electron chi connectivity index (χ1n) is 7.48. The van der Waals surface area contributed by atoms with E-state index in [4.69, 9.17) is 5.11 Å². The molecule has 118 valence electrons. The number of carboxylic acid groups (broad SMARTS) is 1. The van der Waals surface area contributed by atoms with Gasteiger partial charge >= 0.3 is 5.97 Å². The number of nitrogens with one attached hydrogen (secondary N) is 1. The maximum absolute atomic E-state index is 11.0. The molecule has 0 amide bonds. The van der Waals surface area contributed by atoms with E-state index in [0.717, 1.165) is 6.54 Å². The van der Waals surface area contributed by atoms with Crippen LogP contribution in [0.3, 0.4) is 0 Å². The molecule has 4 heteroatoms. The Kier molecular flexibility index (Phi) is 5.37. The fraction of sp³-hybridized carbons (Fsp3) is 0.389. The summed E-state index contributed by atoms with van der Waals surface area (Å²) in [6, 6.07) is 12.8. The highest BCUT2D eigenvalue weighted by Crippen LogP contribution is 2.28. The topological polar surface area (TPSA) is 49.3 Å². The van der Waals surface area contributed by atoms with Gasteiger partial charge in [-0.2, -0.15) is 0 Å². The van der Waals surface area contributed by atoms with Crippen molar-refractivity contribution in [2.24, 2.45) is 5.41 Å². The Morgan fingerprint density at radius 2 is 1.86 bits per heavy atom. The quantitative estimate of drug-likeness (QED) is 0.748. The minimum Gasteiger partial charge on any atom is -0.481 e. The van der Waals surface area contributed by atoms with Gasteiger partial charge in [0.25, 0.3) is 0 Å². The van der Waals surface area contributed by atoms with Crippen LogP contribution in [0.15, 0.2) is 36.4 Å². The smallest absolute Gasteiger partial charge is 0.309 e. The number of rotatable bonds is 7. The molecule has 1 heterocycles. The van der Waals surface area contributed by atoms with Crippen LogP contribution in [0.4, 0.5) is 0 Å². The number of carboxylic acids is 1. The van der Waals surface area contributed by atoms with E-state index in [1.54, 1.807) is 25.2 Å². The minimum atomic E-state index is -0.743. The number of hydrogen-bond acceptors (Lipinski definition) is 3. The maximum atomic E-state index is 11.0. The van der Waals surface area contributed by atoms with E-state index in [0.29, 0.717) is 13.0 Å². The molecule has 0 unspecified atom stereocenters. The molecule has 0 saturated heterocycles. The van der Waals surface area contributed by atoms with Crippen LogP contribution in [0.2, 0.25) is 0 Å². The first-order chi connectivity index (χ1) is 10.4. The van der Waals surface area contributed by atoms with Crippen LogP contribution in [0, 0.1) is 12.3 Å². The zero-order valence-electron chi connectivity index (χ0n) is 13.3. The lowest BCUT2D eigenvalue weighted by Gasteiger charge is -2.18. The fourth-order valence-electron chi connectivity index (χ4n) is 2.07. The molecule has 1 aromatic heterocycles. The monoisotopic (exact) mass is 317 g/mol.